The SMILES string of the molecule is COc1ccc(NC(=O)NC2C[C@H]3CCC[C@H](C2)N3Cc2cccs2)cc1. The van der Waals surface area contributed by atoms with Crippen molar-refractivity contribution >= 4 is 23.1 Å². The molecule has 2 aliphatic rings. The first-order valence-corrected chi connectivity index (χ1v) is 10.6. The Bertz CT molecular complexity index is 733. The summed E-state index contributed by atoms with van der Waals surface area (Å²) >= 11 is 1.84. The number of rotatable bonds is 5. The number of carbonyl (C=O) groups is 1. The maximum absolute atomic E-state index is 12.4. The van der Waals surface area contributed by atoms with Gasteiger partial charge < -0.3 is 15.4 Å². The van der Waals surface area contributed by atoms with Crippen LogP contribution in [0.2, 0.25) is 0 Å². The molecule has 27 heavy (non-hydrogen) atoms. The Hall–Kier alpha value is -2.05. The van der Waals surface area contributed by atoms with Crippen LogP contribution in [0.5, 0.6) is 5.75 Å². The summed E-state index contributed by atoms with van der Waals surface area (Å²) in [4.78, 5) is 16.5. The zero-order valence-electron chi connectivity index (χ0n) is 15.7. The molecule has 2 bridgehead atoms. The van der Waals surface area contributed by atoms with Gasteiger partial charge >= 0.3 is 6.03 Å². The van der Waals surface area contributed by atoms with Gasteiger partial charge in [-0.1, -0.05) is 12.5 Å². The van der Waals surface area contributed by atoms with Crippen LogP contribution in [-0.4, -0.2) is 36.2 Å². The number of urea groups is 1. The van der Waals surface area contributed by atoms with Gasteiger partial charge in [-0.2, -0.15) is 0 Å². The van der Waals surface area contributed by atoms with Crippen LogP contribution < -0.4 is 15.4 Å². The zero-order chi connectivity index (χ0) is 18.6. The highest BCUT2D eigenvalue weighted by molar-refractivity contribution is 7.09. The molecule has 6 heteroatoms. The third kappa shape index (κ3) is 4.45. The van der Waals surface area contributed by atoms with Crippen molar-refractivity contribution in [2.75, 3.05) is 12.4 Å². The van der Waals surface area contributed by atoms with E-state index >= 15 is 0 Å². The highest BCUT2D eigenvalue weighted by atomic mass is 32.1. The van der Waals surface area contributed by atoms with Crippen LogP contribution in [0, 0.1) is 0 Å². The van der Waals surface area contributed by atoms with E-state index in [1.807, 2.05) is 35.6 Å². The number of thiophene rings is 1. The van der Waals surface area contributed by atoms with E-state index in [-0.39, 0.29) is 12.1 Å². The molecule has 3 heterocycles. The van der Waals surface area contributed by atoms with E-state index < -0.39 is 0 Å². The van der Waals surface area contributed by atoms with Crippen molar-refractivity contribution < 1.29 is 9.53 Å². The molecular formula is C21H27N3O2S. The van der Waals surface area contributed by atoms with Crippen LogP contribution in [0.25, 0.3) is 0 Å². The van der Waals surface area contributed by atoms with Crippen LogP contribution in [0.4, 0.5) is 10.5 Å². The molecule has 1 aromatic heterocycles. The first kappa shape index (κ1) is 18.3. The smallest absolute Gasteiger partial charge is 0.319 e. The third-order valence-electron chi connectivity index (χ3n) is 5.73. The second kappa shape index (κ2) is 8.31. The maximum atomic E-state index is 12.4. The standard InChI is InChI=1S/C21H27N3O2S/c1-26-19-9-7-15(8-10-19)22-21(25)23-16-12-17-4-2-5-18(13-16)24(17)14-20-6-3-11-27-20/h3,6-11,16-18H,2,4-5,12-14H2,1H3,(H2,22,23,25)/t17-,18-/m1/s1. The Labute approximate surface area is 164 Å². The number of ether oxygens (including phenoxy) is 1. The summed E-state index contributed by atoms with van der Waals surface area (Å²) < 4.78 is 5.15. The number of methoxy groups -OCH3 is 1. The van der Waals surface area contributed by atoms with Gasteiger partial charge in [0.1, 0.15) is 5.75 Å². The van der Waals surface area contributed by atoms with E-state index in [9.17, 15) is 4.79 Å². The monoisotopic (exact) mass is 385 g/mol. The van der Waals surface area contributed by atoms with E-state index in [1.165, 1.54) is 24.1 Å². The van der Waals surface area contributed by atoms with Gasteiger partial charge in [0.2, 0.25) is 0 Å². The van der Waals surface area contributed by atoms with Crippen molar-refractivity contribution in [1.82, 2.24) is 10.2 Å². The Morgan fingerprint density at radius 2 is 1.93 bits per heavy atom. The molecule has 0 unspecified atom stereocenters. The van der Waals surface area contributed by atoms with Crippen molar-refractivity contribution in [1.29, 1.82) is 0 Å². The van der Waals surface area contributed by atoms with Gasteiger partial charge in [-0.3, -0.25) is 4.90 Å². The number of piperidine rings is 2. The molecule has 0 aliphatic carbocycles. The summed E-state index contributed by atoms with van der Waals surface area (Å²) in [6, 6.07) is 13.1. The summed E-state index contributed by atoms with van der Waals surface area (Å²) in [5.74, 6) is 0.784. The van der Waals surface area contributed by atoms with Gasteiger partial charge in [0.05, 0.1) is 7.11 Å². The number of anilines is 1. The predicted octanol–water partition coefficient (Wildman–Crippen LogP) is 4.46. The normalized spacial score (nSPS) is 25.0. The molecule has 144 valence electrons. The fourth-order valence-electron chi connectivity index (χ4n) is 4.46. The Kier molecular flexibility index (Phi) is 5.64. The number of fused-ring (bicyclic) bond motifs is 2. The number of nitrogens with one attached hydrogen (secondary N) is 2. The number of hydrogen-bond acceptors (Lipinski definition) is 4. The molecule has 2 fully saturated rings. The lowest BCUT2D eigenvalue weighted by atomic mass is 9.81. The fraction of sp³-hybridized carbons (Fsp3) is 0.476. The van der Waals surface area contributed by atoms with Crippen LogP contribution in [0.15, 0.2) is 41.8 Å². The molecule has 0 spiro atoms. The lowest BCUT2D eigenvalue weighted by Gasteiger charge is -2.48. The number of benzene rings is 1. The molecule has 2 atom stereocenters. The molecule has 0 radical (unpaired) electrons. The number of amides is 2. The average Bonchev–Trinajstić information content (AvgIpc) is 3.16. The Morgan fingerprint density at radius 1 is 1.19 bits per heavy atom. The maximum Gasteiger partial charge on any atom is 0.319 e. The molecule has 2 N–H and O–H groups in total. The highest BCUT2D eigenvalue weighted by Crippen LogP contribution is 2.35. The minimum atomic E-state index is -0.116. The average molecular weight is 386 g/mol. The lowest BCUT2D eigenvalue weighted by Crippen LogP contribution is -2.56. The Balaban J connectivity index is 1.33. The summed E-state index contributed by atoms with van der Waals surface area (Å²) in [7, 11) is 1.64. The lowest BCUT2D eigenvalue weighted by molar-refractivity contribution is 0.0208. The third-order valence-corrected chi connectivity index (χ3v) is 6.59. The van der Waals surface area contributed by atoms with Gasteiger partial charge in [-0.15, -0.1) is 11.3 Å². The number of nitrogens with zero attached hydrogens (tertiary/aromatic N) is 1. The van der Waals surface area contributed by atoms with E-state index in [1.54, 1.807) is 7.11 Å². The van der Waals surface area contributed by atoms with Crippen molar-refractivity contribution in [3.05, 3.63) is 46.7 Å². The highest BCUT2D eigenvalue weighted by Gasteiger charge is 2.38. The summed E-state index contributed by atoms with van der Waals surface area (Å²) in [6.45, 7) is 1.05. The zero-order valence-corrected chi connectivity index (χ0v) is 16.5. The Morgan fingerprint density at radius 3 is 2.56 bits per heavy atom. The van der Waals surface area contributed by atoms with Crippen molar-refractivity contribution in [3.8, 4) is 5.75 Å². The largest absolute Gasteiger partial charge is 0.497 e. The summed E-state index contributed by atoms with van der Waals surface area (Å²) in [5, 5.41) is 8.29. The van der Waals surface area contributed by atoms with E-state index in [2.05, 4.69) is 33.0 Å². The molecule has 2 saturated heterocycles. The van der Waals surface area contributed by atoms with E-state index in [0.29, 0.717) is 12.1 Å². The fourth-order valence-corrected chi connectivity index (χ4v) is 5.18. The summed E-state index contributed by atoms with van der Waals surface area (Å²) in [6.07, 6.45) is 5.86. The second-order valence-electron chi connectivity index (χ2n) is 7.49. The van der Waals surface area contributed by atoms with Gasteiger partial charge in [-0.05, 0) is 61.4 Å². The number of hydrogen-bond donors (Lipinski definition) is 2. The van der Waals surface area contributed by atoms with Crippen molar-refractivity contribution in [2.45, 2.75) is 56.8 Å². The van der Waals surface area contributed by atoms with Gasteiger partial charge in [0.25, 0.3) is 0 Å². The summed E-state index contributed by atoms with van der Waals surface area (Å²) in [5.41, 5.74) is 0.781. The first-order chi connectivity index (χ1) is 13.2. The molecule has 1 aromatic carbocycles. The molecule has 5 nitrogen and oxygen atoms in total. The predicted molar refractivity (Wildman–Crippen MR) is 109 cm³/mol. The molecule has 2 amide bonds. The molecule has 2 aromatic rings. The van der Waals surface area contributed by atoms with E-state index in [4.69, 9.17) is 4.74 Å². The van der Waals surface area contributed by atoms with E-state index in [0.717, 1.165) is 30.8 Å². The van der Waals surface area contributed by atoms with Gasteiger partial charge in [0, 0.05) is 35.2 Å². The van der Waals surface area contributed by atoms with Crippen LogP contribution >= 0.6 is 11.3 Å². The van der Waals surface area contributed by atoms with Crippen molar-refractivity contribution in [2.24, 2.45) is 0 Å². The molecule has 4 rings (SSSR count). The van der Waals surface area contributed by atoms with Crippen molar-refractivity contribution in [3.63, 3.8) is 0 Å². The molecule has 2 aliphatic heterocycles. The van der Waals surface area contributed by atoms with Gasteiger partial charge in [0.15, 0.2) is 0 Å². The van der Waals surface area contributed by atoms with Crippen LogP contribution in [-0.2, 0) is 6.54 Å². The molecular weight excluding hydrogens is 358 g/mol. The minimum Gasteiger partial charge on any atom is -0.497 e. The topological polar surface area (TPSA) is 53.6 Å². The van der Waals surface area contributed by atoms with Crippen LogP contribution in [0.1, 0.15) is 37.0 Å². The molecule has 0 saturated carbocycles. The quantitative estimate of drug-likeness (QED) is 0.799. The van der Waals surface area contributed by atoms with Gasteiger partial charge in [-0.25, -0.2) is 4.79 Å². The number of carbonyl (C=O) groups excluding carboxylic acids is 1. The van der Waals surface area contributed by atoms with Crippen LogP contribution in [0.3, 0.4) is 0 Å². The first-order valence-electron chi connectivity index (χ1n) is 9.71. The second-order valence-corrected chi connectivity index (χ2v) is 8.52. The minimum absolute atomic E-state index is 0.116.